The van der Waals surface area contributed by atoms with E-state index >= 15 is 0 Å². The summed E-state index contributed by atoms with van der Waals surface area (Å²) in [6, 6.07) is 12.4. The molecular formula is C15H10Cl2O2. The third kappa shape index (κ3) is 2.34. The Bertz CT molecular complexity index is 652. The molecule has 0 N–H and O–H groups in total. The van der Waals surface area contributed by atoms with Crippen molar-refractivity contribution >= 4 is 29.0 Å². The highest BCUT2D eigenvalue weighted by molar-refractivity contribution is 6.31. The summed E-state index contributed by atoms with van der Waals surface area (Å²) in [4.78, 5) is 12.1. The third-order valence-electron chi connectivity index (χ3n) is 3.14. The molecule has 19 heavy (non-hydrogen) atoms. The molecular weight excluding hydrogens is 283 g/mol. The number of ether oxygens (including phenoxy) is 1. The predicted molar refractivity (Wildman–Crippen MR) is 75.2 cm³/mol. The van der Waals surface area contributed by atoms with E-state index < -0.39 is 0 Å². The molecule has 0 fully saturated rings. The number of carbonyl (C=O) groups is 1. The van der Waals surface area contributed by atoms with Gasteiger partial charge in [0.05, 0.1) is 12.0 Å². The van der Waals surface area contributed by atoms with Crippen LogP contribution in [0.15, 0.2) is 42.5 Å². The molecule has 0 amide bonds. The summed E-state index contributed by atoms with van der Waals surface area (Å²) in [7, 11) is 0. The Balaban J connectivity index is 2.01. The number of hydrogen-bond donors (Lipinski definition) is 0. The maximum absolute atomic E-state index is 12.1. The van der Waals surface area contributed by atoms with Gasteiger partial charge in [-0.25, -0.2) is 0 Å². The van der Waals surface area contributed by atoms with Gasteiger partial charge in [-0.15, -0.1) is 0 Å². The lowest BCUT2D eigenvalue weighted by Gasteiger charge is -2.26. The molecule has 0 saturated heterocycles. The molecule has 0 radical (unpaired) electrons. The van der Waals surface area contributed by atoms with Crippen molar-refractivity contribution in [2.75, 3.05) is 0 Å². The highest BCUT2D eigenvalue weighted by Gasteiger charge is 2.28. The lowest BCUT2D eigenvalue weighted by atomic mass is 9.96. The molecule has 2 nitrogen and oxygen atoms in total. The summed E-state index contributed by atoms with van der Waals surface area (Å²) in [6.45, 7) is 0. The van der Waals surface area contributed by atoms with Crippen molar-refractivity contribution in [1.29, 1.82) is 0 Å². The van der Waals surface area contributed by atoms with Crippen molar-refractivity contribution in [3.63, 3.8) is 0 Å². The van der Waals surface area contributed by atoms with Gasteiger partial charge < -0.3 is 4.74 Å². The number of halogens is 2. The molecule has 2 aromatic carbocycles. The van der Waals surface area contributed by atoms with Crippen LogP contribution in [0.25, 0.3) is 0 Å². The van der Waals surface area contributed by atoms with Crippen molar-refractivity contribution in [1.82, 2.24) is 0 Å². The second-order valence-corrected chi connectivity index (χ2v) is 5.24. The van der Waals surface area contributed by atoms with E-state index in [9.17, 15) is 4.79 Å². The fourth-order valence-corrected chi connectivity index (χ4v) is 2.63. The topological polar surface area (TPSA) is 26.3 Å². The molecule has 96 valence electrons. The zero-order chi connectivity index (χ0) is 13.4. The molecule has 2 aromatic rings. The summed E-state index contributed by atoms with van der Waals surface area (Å²) < 4.78 is 5.86. The second kappa shape index (κ2) is 4.87. The molecule has 0 spiro atoms. The fraction of sp³-hybridized carbons (Fsp3) is 0.133. The summed E-state index contributed by atoms with van der Waals surface area (Å²) in [5.74, 6) is 0.566. The summed E-state index contributed by atoms with van der Waals surface area (Å²) >= 11 is 12.1. The molecule has 1 heterocycles. The van der Waals surface area contributed by atoms with Crippen LogP contribution < -0.4 is 4.74 Å². The smallest absolute Gasteiger partial charge is 0.170 e. The Labute approximate surface area is 120 Å². The first-order chi connectivity index (χ1) is 9.15. The van der Waals surface area contributed by atoms with E-state index in [4.69, 9.17) is 27.9 Å². The van der Waals surface area contributed by atoms with E-state index in [2.05, 4.69) is 0 Å². The average molecular weight is 293 g/mol. The van der Waals surface area contributed by atoms with E-state index in [-0.39, 0.29) is 11.9 Å². The first-order valence-corrected chi connectivity index (χ1v) is 6.64. The standard InChI is InChI=1S/C15H10Cl2O2/c16-9-5-6-11-13(18)8-15(19-14(11)7-9)10-3-1-2-4-12(10)17/h1-7,15H,8H2. The molecule has 1 unspecified atom stereocenters. The van der Waals surface area contributed by atoms with Gasteiger partial charge >= 0.3 is 0 Å². The first kappa shape index (κ1) is 12.5. The molecule has 1 aliphatic heterocycles. The van der Waals surface area contributed by atoms with Gasteiger partial charge in [-0.3, -0.25) is 4.79 Å². The Morgan fingerprint density at radius 3 is 2.68 bits per heavy atom. The fourth-order valence-electron chi connectivity index (χ4n) is 2.21. The molecule has 3 rings (SSSR count). The van der Waals surface area contributed by atoms with Crippen LogP contribution in [0.2, 0.25) is 10.0 Å². The number of rotatable bonds is 1. The van der Waals surface area contributed by atoms with Gasteiger partial charge in [0, 0.05) is 15.6 Å². The average Bonchev–Trinajstić information content (AvgIpc) is 2.38. The van der Waals surface area contributed by atoms with Gasteiger partial charge in [0.25, 0.3) is 0 Å². The van der Waals surface area contributed by atoms with E-state index in [1.165, 1.54) is 0 Å². The molecule has 1 aliphatic rings. The quantitative estimate of drug-likeness (QED) is 0.761. The Morgan fingerprint density at radius 2 is 1.89 bits per heavy atom. The zero-order valence-electron chi connectivity index (χ0n) is 9.90. The number of ketones is 1. The lowest BCUT2D eigenvalue weighted by Crippen LogP contribution is -2.20. The van der Waals surface area contributed by atoms with Crippen LogP contribution in [0, 0.1) is 0 Å². The van der Waals surface area contributed by atoms with Gasteiger partial charge in [0.2, 0.25) is 0 Å². The molecule has 0 bridgehead atoms. The molecule has 1 atom stereocenters. The normalized spacial score (nSPS) is 17.8. The van der Waals surface area contributed by atoms with Crippen LogP contribution in [-0.2, 0) is 0 Å². The molecule has 0 aromatic heterocycles. The maximum Gasteiger partial charge on any atom is 0.170 e. The van der Waals surface area contributed by atoms with Crippen LogP contribution in [0.3, 0.4) is 0 Å². The summed E-state index contributed by atoms with van der Waals surface area (Å²) in [6.07, 6.45) is -0.0644. The Kier molecular flexibility index (Phi) is 3.21. The monoisotopic (exact) mass is 292 g/mol. The van der Waals surface area contributed by atoms with Crippen LogP contribution in [0.1, 0.15) is 28.4 Å². The van der Waals surface area contributed by atoms with Gasteiger partial charge in [0.15, 0.2) is 5.78 Å². The van der Waals surface area contributed by atoms with Crippen molar-refractivity contribution in [3.05, 3.63) is 63.6 Å². The van der Waals surface area contributed by atoms with Crippen molar-refractivity contribution in [3.8, 4) is 5.75 Å². The first-order valence-electron chi connectivity index (χ1n) is 5.89. The zero-order valence-corrected chi connectivity index (χ0v) is 11.4. The minimum atomic E-state index is -0.354. The van der Waals surface area contributed by atoms with Gasteiger partial charge in [-0.2, -0.15) is 0 Å². The number of fused-ring (bicyclic) bond motifs is 1. The number of carbonyl (C=O) groups excluding carboxylic acids is 1. The summed E-state index contributed by atoms with van der Waals surface area (Å²) in [5.41, 5.74) is 1.40. The van der Waals surface area contributed by atoms with Crippen LogP contribution in [0.5, 0.6) is 5.75 Å². The van der Waals surface area contributed by atoms with Crippen molar-refractivity contribution in [2.24, 2.45) is 0 Å². The number of hydrogen-bond acceptors (Lipinski definition) is 2. The van der Waals surface area contributed by atoms with E-state index in [0.717, 1.165) is 5.56 Å². The van der Waals surface area contributed by atoms with Crippen molar-refractivity contribution in [2.45, 2.75) is 12.5 Å². The second-order valence-electron chi connectivity index (χ2n) is 4.40. The van der Waals surface area contributed by atoms with Crippen LogP contribution in [-0.4, -0.2) is 5.78 Å². The van der Waals surface area contributed by atoms with Gasteiger partial charge in [-0.05, 0) is 24.3 Å². The van der Waals surface area contributed by atoms with E-state index in [0.29, 0.717) is 27.8 Å². The summed E-state index contributed by atoms with van der Waals surface area (Å²) in [5, 5.41) is 1.15. The van der Waals surface area contributed by atoms with Crippen LogP contribution in [0.4, 0.5) is 0 Å². The number of benzene rings is 2. The Morgan fingerprint density at radius 1 is 1.11 bits per heavy atom. The van der Waals surface area contributed by atoms with Crippen LogP contribution >= 0.6 is 23.2 Å². The lowest BCUT2D eigenvalue weighted by molar-refractivity contribution is 0.0850. The molecule has 0 saturated carbocycles. The Hall–Kier alpha value is -1.51. The predicted octanol–water partition coefficient (Wildman–Crippen LogP) is 4.70. The largest absolute Gasteiger partial charge is 0.484 e. The maximum atomic E-state index is 12.1. The van der Waals surface area contributed by atoms with E-state index in [1.807, 2.05) is 18.2 Å². The third-order valence-corrected chi connectivity index (χ3v) is 3.72. The minimum absolute atomic E-state index is 0.0443. The number of Topliss-reactive ketones (excluding diaryl/α,β-unsaturated/α-hetero) is 1. The highest BCUT2D eigenvalue weighted by Crippen LogP contribution is 2.38. The highest BCUT2D eigenvalue weighted by atomic mass is 35.5. The minimum Gasteiger partial charge on any atom is -0.484 e. The molecule has 4 heteroatoms. The van der Waals surface area contributed by atoms with Gasteiger partial charge in [0.1, 0.15) is 11.9 Å². The molecule has 0 aliphatic carbocycles. The van der Waals surface area contributed by atoms with Gasteiger partial charge in [-0.1, -0.05) is 41.4 Å². The van der Waals surface area contributed by atoms with E-state index in [1.54, 1.807) is 24.3 Å². The SMILES string of the molecule is O=C1CC(c2ccccc2Cl)Oc2cc(Cl)ccc21. The van der Waals surface area contributed by atoms with Crippen molar-refractivity contribution < 1.29 is 9.53 Å².